The molecule has 0 atom stereocenters. The van der Waals surface area contributed by atoms with Crippen LogP contribution >= 0.6 is 11.8 Å². The number of allylic oxidation sites excluding steroid dienone is 2. The van der Waals surface area contributed by atoms with Crippen LogP contribution in [0.1, 0.15) is 52.4 Å². The molecule has 0 saturated carbocycles. The van der Waals surface area contributed by atoms with Crippen LogP contribution in [0.4, 0.5) is 0 Å². The Morgan fingerprint density at radius 2 is 1.20 bits per heavy atom. The third-order valence-corrected chi connectivity index (χ3v) is 3.07. The summed E-state index contributed by atoms with van der Waals surface area (Å²) in [6.07, 6.45) is 17.0. The first-order valence-corrected chi connectivity index (χ1v) is 7.45. The summed E-state index contributed by atoms with van der Waals surface area (Å²) in [6, 6.07) is 0. The van der Waals surface area contributed by atoms with E-state index in [2.05, 4.69) is 38.2 Å². The summed E-state index contributed by atoms with van der Waals surface area (Å²) in [5.74, 6) is 2.34. The van der Waals surface area contributed by atoms with Gasteiger partial charge in [0.05, 0.1) is 0 Å². The molecule has 1 heteroatoms. The fourth-order valence-corrected chi connectivity index (χ4v) is 1.90. The van der Waals surface area contributed by atoms with Crippen LogP contribution in [-0.2, 0) is 0 Å². The molecular formula is C14H26S. The fourth-order valence-electron chi connectivity index (χ4n) is 1.22. The molecule has 0 fully saturated rings. The Bertz CT molecular complexity index is 141. The zero-order chi connectivity index (χ0) is 11.2. The number of hydrogen-bond acceptors (Lipinski definition) is 1. The van der Waals surface area contributed by atoms with E-state index in [1.807, 2.05) is 11.8 Å². The van der Waals surface area contributed by atoms with Crippen molar-refractivity contribution in [2.24, 2.45) is 0 Å². The first-order valence-electron chi connectivity index (χ1n) is 6.29. The second-order valence-electron chi connectivity index (χ2n) is 3.76. The third kappa shape index (κ3) is 13.8. The van der Waals surface area contributed by atoms with E-state index in [1.54, 1.807) is 0 Å². The Morgan fingerprint density at radius 1 is 0.733 bits per heavy atom. The molecule has 0 saturated heterocycles. The highest BCUT2D eigenvalue weighted by Crippen LogP contribution is 2.03. The minimum absolute atomic E-state index is 1.17. The Morgan fingerprint density at radius 3 is 1.60 bits per heavy atom. The second kappa shape index (κ2) is 13.8. The van der Waals surface area contributed by atoms with Gasteiger partial charge >= 0.3 is 0 Å². The van der Waals surface area contributed by atoms with E-state index >= 15 is 0 Å². The Labute approximate surface area is 100 Å². The predicted octanol–water partition coefficient (Wildman–Crippen LogP) is 5.21. The van der Waals surface area contributed by atoms with Crippen LogP contribution in [0.5, 0.6) is 0 Å². The van der Waals surface area contributed by atoms with Crippen molar-refractivity contribution in [3.8, 4) is 0 Å². The van der Waals surface area contributed by atoms with E-state index in [9.17, 15) is 0 Å². The van der Waals surface area contributed by atoms with Crippen LogP contribution in [0.15, 0.2) is 24.3 Å². The molecule has 0 radical (unpaired) electrons. The first-order chi connectivity index (χ1) is 7.41. The molecule has 0 nitrogen and oxygen atoms in total. The van der Waals surface area contributed by atoms with Crippen LogP contribution in [0, 0.1) is 0 Å². The average Bonchev–Trinajstić information content (AvgIpc) is 2.26. The molecule has 0 aromatic heterocycles. The van der Waals surface area contributed by atoms with Crippen molar-refractivity contribution in [2.75, 3.05) is 11.5 Å². The SMILES string of the molecule is CCCC/C=C/CSC/C=C/CCCC. The Balaban J connectivity index is 3.10. The van der Waals surface area contributed by atoms with Crippen molar-refractivity contribution in [2.45, 2.75) is 52.4 Å². The highest BCUT2D eigenvalue weighted by molar-refractivity contribution is 7.99. The molecule has 0 amide bonds. The molecule has 0 aliphatic carbocycles. The zero-order valence-electron chi connectivity index (χ0n) is 10.4. The quantitative estimate of drug-likeness (QED) is 0.364. The van der Waals surface area contributed by atoms with Gasteiger partial charge in [-0.15, -0.1) is 0 Å². The van der Waals surface area contributed by atoms with Gasteiger partial charge in [-0.05, 0) is 12.8 Å². The van der Waals surface area contributed by atoms with E-state index in [1.165, 1.54) is 50.0 Å². The molecule has 15 heavy (non-hydrogen) atoms. The number of unbranched alkanes of at least 4 members (excludes halogenated alkanes) is 4. The van der Waals surface area contributed by atoms with Crippen LogP contribution in [0.25, 0.3) is 0 Å². The van der Waals surface area contributed by atoms with Gasteiger partial charge in [0.1, 0.15) is 0 Å². The lowest BCUT2D eigenvalue weighted by molar-refractivity contribution is 0.814. The molecule has 0 unspecified atom stereocenters. The maximum absolute atomic E-state index is 2.32. The molecule has 0 bridgehead atoms. The first kappa shape index (κ1) is 14.8. The summed E-state index contributed by atoms with van der Waals surface area (Å²) in [4.78, 5) is 0. The fraction of sp³-hybridized carbons (Fsp3) is 0.714. The lowest BCUT2D eigenvalue weighted by Gasteiger charge is -1.92. The molecule has 0 spiro atoms. The van der Waals surface area contributed by atoms with Gasteiger partial charge in [0.25, 0.3) is 0 Å². The lowest BCUT2D eigenvalue weighted by Crippen LogP contribution is -1.75. The highest BCUT2D eigenvalue weighted by Gasteiger charge is 1.82. The van der Waals surface area contributed by atoms with Crippen LogP contribution < -0.4 is 0 Å². The van der Waals surface area contributed by atoms with Crippen molar-refractivity contribution in [3.63, 3.8) is 0 Å². The molecule has 0 N–H and O–H groups in total. The van der Waals surface area contributed by atoms with E-state index in [0.29, 0.717) is 0 Å². The van der Waals surface area contributed by atoms with E-state index in [-0.39, 0.29) is 0 Å². The van der Waals surface area contributed by atoms with Crippen molar-refractivity contribution in [1.29, 1.82) is 0 Å². The van der Waals surface area contributed by atoms with Gasteiger partial charge in [0.2, 0.25) is 0 Å². The van der Waals surface area contributed by atoms with Gasteiger partial charge in [-0.2, -0.15) is 11.8 Å². The average molecular weight is 226 g/mol. The Hall–Kier alpha value is -0.170. The third-order valence-electron chi connectivity index (χ3n) is 2.21. The largest absolute Gasteiger partial charge is 0.154 e. The number of hydrogen-bond donors (Lipinski definition) is 0. The maximum Gasteiger partial charge on any atom is 0.0116 e. The van der Waals surface area contributed by atoms with Gasteiger partial charge in [0, 0.05) is 11.5 Å². The van der Waals surface area contributed by atoms with Gasteiger partial charge in [-0.25, -0.2) is 0 Å². The Kier molecular flexibility index (Phi) is 13.7. The van der Waals surface area contributed by atoms with E-state index in [4.69, 9.17) is 0 Å². The summed E-state index contributed by atoms with van der Waals surface area (Å²) in [7, 11) is 0. The summed E-state index contributed by atoms with van der Waals surface area (Å²) in [6.45, 7) is 4.48. The molecule has 88 valence electrons. The monoisotopic (exact) mass is 226 g/mol. The molecule has 0 rings (SSSR count). The zero-order valence-corrected chi connectivity index (χ0v) is 11.2. The van der Waals surface area contributed by atoms with Crippen LogP contribution in [-0.4, -0.2) is 11.5 Å². The van der Waals surface area contributed by atoms with E-state index in [0.717, 1.165) is 0 Å². The topological polar surface area (TPSA) is 0 Å². The van der Waals surface area contributed by atoms with Gasteiger partial charge in [-0.1, -0.05) is 63.8 Å². The second-order valence-corrected chi connectivity index (χ2v) is 4.84. The highest BCUT2D eigenvalue weighted by atomic mass is 32.2. The van der Waals surface area contributed by atoms with Gasteiger partial charge in [0.15, 0.2) is 0 Å². The number of rotatable bonds is 10. The molecule has 0 aromatic carbocycles. The lowest BCUT2D eigenvalue weighted by atomic mass is 10.2. The summed E-state index contributed by atoms with van der Waals surface area (Å²) in [5.41, 5.74) is 0. The van der Waals surface area contributed by atoms with E-state index < -0.39 is 0 Å². The molecule has 0 aromatic rings. The molecular weight excluding hydrogens is 200 g/mol. The van der Waals surface area contributed by atoms with Gasteiger partial charge < -0.3 is 0 Å². The van der Waals surface area contributed by atoms with Crippen molar-refractivity contribution >= 4 is 11.8 Å². The van der Waals surface area contributed by atoms with Crippen molar-refractivity contribution in [3.05, 3.63) is 24.3 Å². The standard InChI is InChI=1S/C14H26S/c1-3-5-7-9-11-13-15-14-12-10-8-6-4-2/h9-12H,3-8,13-14H2,1-2H3/b11-9+,12-10+. The summed E-state index contributed by atoms with van der Waals surface area (Å²) >= 11 is 2.00. The molecule has 0 aliphatic rings. The predicted molar refractivity (Wildman–Crippen MR) is 74.7 cm³/mol. The normalized spacial score (nSPS) is 11.9. The van der Waals surface area contributed by atoms with Crippen LogP contribution in [0.2, 0.25) is 0 Å². The van der Waals surface area contributed by atoms with Crippen LogP contribution in [0.3, 0.4) is 0 Å². The number of thioether (sulfide) groups is 1. The maximum atomic E-state index is 2.32. The van der Waals surface area contributed by atoms with Gasteiger partial charge in [-0.3, -0.25) is 0 Å². The summed E-state index contributed by atoms with van der Waals surface area (Å²) < 4.78 is 0. The minimum Gasteiger partial charge on any atom is -0.154 e. The molecule has 0 aliphatic heterocycles. The minimum atomic E-state index is 1.17. The smallest absolute Gasteiger partial charge is 0.0116 e. The molecule has 0 heterocycles. The van der Waals surface area contributed by atoms with Crippen molar-refractivity contribution < 1.29 is 0 Å². The summed E-state index contributed by atoms with van der Waals surface area (Å²) in [5, 5.41) is 0. The van der Waals surface area contributed by atoms with Crippen molar-refractivity contribution in [1.82, 2.24) is 0 Å².